The van der Waals surface area contributed by atoms with Crippen molar-refractivity contribution in [1.82, 2.24) is 5.32 Å². The van der Waals surface area contributed by atoms with Crippen LogP contribution in [0.5, 0.6) is 0 Å². The summed E-state index contributed by atoms with van der Waals surface area (Å²) in [5.74, 6) is -1.12. The molecule has 1 atom stereocenters. The van der Waals surface area contributed by atoms with Gasteiger partial charge in [0, 0.05) is 22.5 Å². The van der Waals surface area contributed by atoms with Gasteiger partial charge >= 0.3 is 5.97 Å². The molecule has 0 bridgehead atoms. The molecule has 2 rings (SSSR count). The second kappa shape index (κ2) is 6.24. The van der Waals surface area contributed by atoms with Crippen molar-refractivity contribution in [2.24, 2.45) is 0 Å². The maximum absolute atomic E-state index is 12.2. The van der Waals surface area contributed by atoms with Crippen LogP contribution in [0.4, 0.5) is 0 Å². The van der Waals surface area contributed by atoms with Crippen LogP contribution < -0.4 is 5.32 Å². The fourth-order valence-electron chi connectivity index (χ4n) is 1.86. The Labute approximate surface area is 125 Å². The lowest BCUT2D eigenvalue weighted by molar-refractivity contribution is -0.137. The summed E-state index contributed by atoms with van der Waals surface area (Å²) in [7, 11) is 0. The summed E-state index contributed by atoms with van der Waals surface area (Å²) in [4.78, 5) is 23.1. The molecule has 0 fully saturated rings. The Kier molecular flexibility index (Phi) is 4.62. The summed E-state index contributed by atoms with van der Waals surface area (Å²) in [6.45, 7) is 1.78. The van der Waals surface area contributed by atoms with Crippen LogP contribution in [0.15, 0.2) is 24.3 Å². The number of carboxylic acid groups (broad SMARTS) is 1. The van der Waals surface area contributed by atoms with Crippen molar-refractivity contribution in [2.45, 2.75) is 25.8 Å². The number of carbonyl (C=O) groups is 2. The SMILES string of the molecule is CC(CCC(=O)O)NC(=O)c1sc2ccccc2c1Cl. The molecule has 6 heteroatoms. The standard InChI is InChI=1S/C14H14ClNO3S/c1-8(6-7-11(17)18)16-14(19)13-12(15)9-4-2-3-5-10(9)20-13/h2-5,8H,6-7H2,1H3,(H,16,19)(H,17,18). The predicted octanol–water partition coefficient (Wildman–Crippen LogP) is 3.54. The highest BCUT2D eigenvalue weighted by Crippen LogP contribution is 2.35. The fraction of sp³-hybridized carbons (Fsp3) is 0.286. The molecule has 0 saturated heterocycles. The van der Waals surface area contributed by atoms with E-state index in [2.05, 4.69) is 5.32 Å². The average Bonchev–Trinajstić information content (AvgIpc) is 2.74. The molecule has 0 saturated carbocycles. The van der Waals surface area contributed by atoms with E-state index < -0.39 is 5.97 Å². The van der Waals surface area contributed by atoms with Gasteiger partial charge in [0.05, 0.1) is 5.02 Å². The summed E-state index contributed by atoms with van der Waals surface area (Å²) in [5.41, 5.74) is 0. The predicted molar refractivity (Wildman–Crippen MR) is 80.6 cm³/mol. The van der Waals surface area contributed by atoms with Gasteiger partial charge in [-0.05, 0) is 19.4 Å². The number of hydrogen-bond donors (Lipinski definition) is 2. The molecule has 2 N–H and O–H groups in total. The molecule has 20 heavy (non-hydrogen) atoms. The highest BCUT2D eigenvalue weighted by molar-refractivity contribution is 7.21. The van der Waals surface area contributed by atoms with Crippen LogP contribution in [-0.4, -0.2) is 23.0 Å². The van der Waals surface area contributed by atoms with E-state index >= 15 is 0 Å². The lowest BCUT2D eigenvalue weighted by Gasteiger charge is -2.11. The minimum Gasteiger partial charge on any atom is -0.481 e. The third-order valence-corrected chi connectivity index (χ3v) is 4.58. The van der Waals surface area contributed by atoms with Gasteiger partial charge in [-0.3, -0.25) is 9.59 Å². The topological polar surface area (TPSA) is 66.4 Å². The lowest BCUT2D eigenvalue weighted by Crippen LogP contribution is -2.32. The number of aliphatic carboxylic acids is 1. The Balaban J connectivity index is 2.11. The number of carbonyl (C=O) groups excluding carboxylic acids is 1. The van der Waals surface area contributed by atoms with Crippen LogP contribution in [-0.2, 0) is 4.79 Å². The van der Waals surface area contributed by atoms with Crippen molar-refractivity contribution in [1.29, 1.82) is 0 Å². The van der Waals surface area contributed by atoms with Crippen LogP contribution in [0, 0.1) is 0 Å². The quantitative estimate of drug-likeness (QED) is 0.887. The highest BCUT2D eigenvalue weighted by atomic mass is 35.5. The van der Waals surface area contributed by atoms with Gasteiger partial charge in [-0.15, -0.1) is 11.3 Å². The van der Waals surface area contributed by atoms with E-state index in [0.29, 0.717) is 16.3 Å². The largest absolute Gasteiger partial charge is 0.481 e. The van der Waals surface area contributed by atoms with E-state index in [1.165, 1.54) is 11.3 Å². The van der Waals surface area contributed by atoms with Gasteiger partial charge in [0.15, 0.2) is 0 Å². The summed E-state index contributed by atoms with van der Waals surface area (Å²) in [6.07, 6.45) is 0.422. The van der Waals surface area contributed by atoms with Gasteiger partial charge in [-0.2, -0.15) is 0 Å². The van der Waals surface area contributed by atoms with E-state index in [-0.39, 0.29) is 18.4 Å². The van der Waals surface area contributed by atoms with Gasteiger partial charge in [0.25, 0.3) is 5.91 Å². The van der Waals surface area contributed by atoms with E-state index in [1.54, 1.807) is 6.92 Å². The fourth-order valence-corrected chi connectivity index (χ4v) is 3.28. The van der Waals surface area contributed by atoms with Crippen molar-refractivity contribution in [3.05, 3.63) is 34.2 Å². The van der Waals surface area contributed by atoms with E-state index in [4.69, 9.17) is 16.7 Å². The minimum atomic E-state index is -0.869. The van der Waals surface area contributed by atoms with Gasteiger partial charge in [-0.25, -0.2) is 0 Å². The maximum Gasteiger partial charge on any atom is 0.303 e. The number of benzene rings is 1. The van der Waals surface area contributed by atoms with E-state index in [0.717, 1.165) is 10.1 Å². The molecule has 106 valence electrons. The monoisotopic (exact) mass is 311 g/mol. The van der Waals surface area contributed by atoms with Gasteiger partial charge in [0.2, 0.25) is 0 Å². The number of thiophene rings is 1. The first-order valence-corrected chi connectivity index (χ1v) is 7.38. The van der Waals surface area contributed by atoms with Crippen LogP contribution in [0.3, 0.4) is 0 Å². The highest BCUT2D eigenvalue weighted by Gasteiger charge is 2.18. The number of nitrogens with one attached hydrogen (secondary N) is 1. The second-order valence-electron chi connectivity index (χ2n) is 4.55. The zero-order valence-electron chi connectivity index (χ0n) is 10.9. The Morgan fingerprint density at radius 2 is 2.10 bits per heavy atom. The molecule has 0 aliphatic heterocycles. The molecule has 4 nitrogen and oxygen atoms in total. The van der Waals surface area contributed by atoms with Crippen molar-refractivity contribution >= 4 is 44.9 Å². The number of fused-ring (bicyclic) bond motifs is 1. The van der Waals surface area contributed by atoms with Crippen LogP contribution in [0.2, 0.25) is 5.02 Å². The molecule has 1 amide bonds. The zero-order chi connectivity index (χ0) is 14.7. The van der Waals surface area contributed by atoms with Crippen LogP contribution in [0.25, 0.3) is 10.1 Å². The molecule has 1 aromatic carbocycles. The molecule has 0 aliphatic rings. The van der Waals surface area contributed by atoms with Gasteiger partial charge in [-0.1, -0.05) is 29.8 Å². The van der Waals surface area contributed by atoms with Gasteiger partial charge < -0.3 is 10.4 Å². The Morgan fingerprint density at radius 3 is 2.75 bits per heavy atom. The summed E-state index contributed by atoms with van der Waals surface area (Å²) in [6, 6.07) is 7.35. The Bertz CT molecular complexity index is 653. The van der Waals surface area contributed by atoms with Crippen molar-refractivity contribution in [3.8, 4) is 0 Å². The smallest absolute Gasteiger partial charge is 0.303 e. The third-order valence-electron chi connectivity index (χ3n) is 2.91. The van der Waals surface area contributed by atoms with E-state index in [9.17, 15) is 9.59 Å². The molecule has 0 radical (unpaired) electrons. The average molecular weight is 312 g/mol. The molecule has 1 unspecified atom stereocenters. The summed E-state index contributed by atoms with van der Waals surface area (Å²) < 4.78 is 0.959. The summed E-state index contributed by atoms with van der Waals surface area (Å²) >= 11 is 7.56. The first kappa shape index (κ1) is 14.8. The number of amides is 1. The first-order chi connectivity index (χ1) is 9.49. The van der Waals surface area contributed by atoms with Crippen molar-refractivity contribution < 1.29 is 14.7 Å². The molecule has 1 aromatic heterocycles. The number of carboxylic acids is 1. The zero-order valence-corrected chi connectivity index (χ0v) is 12.4. The van der Waals surface area contributed by atoms with Gasteiger partial charge in [0.1, 0.15) is 4.88 Å². The maximum atomic E-state index is 12.2. The Hall–Kier alpha value is -1.59. The molecule has 0 aliphatic carbocycles. The normalized spacial score (nSPS) is 12.3. The molecular weight excluding hydrogens is 298 g/mol. The number of hydrogen-bond acceptors (Lipinski definition) is 3. The third kappa shape index (κ3) is 3.29. The number of halogens is 1. The van der Waals surface area contributed by atoms with Crippen molar-refractivity contribution in [2.75, 3.05) is 0 Å². The number of rotatable bonds is 5. The Morgan fingerprint density at radius 1 is 1.40 bits per heavy atom. The molecular formula is C14H14ClNO3S. The molecule has 0 spiro atoms. The van der Waals surface area contributed by atoms with Crippen LogP contribution >= 0.6 is 22.9 Å². The molecule has 2 aromatic rings. The van der Waals surface area contributed by atoms with E-state index in [1.807, 2.05) is 24.3 Å². The van der Waals surface area contributed by atoms with Crippen LogP contribution in [0.1, 0.15) is 29.4 Å². The molecule has 1 heterocycles. The second-order valence-corrected chi connectivity index (χ2v) is 5.98. The lowest BCUT2D eigenvalue weighted by atomic mass is 10.2. The van der Waals surface area contributed by atoms with Crippen molar-refractivity contribution in [3.63, 3.8) is 0 Å². The first-order valence-electron chi connectivity index (χ1n) is 6.18. The minimum absolute atomic E-state index is 0.0294. The summed E-state index contributed by atoms with van der Waals surface area (Å²) in [5, 5.41) is 12.7.